The minimum absolute atomic E-state index is 0.415. The third kappa shape index (κ3) is 4.78. The summed E-state index contributed by atoms with van der Waals surface area (Å²) in [6.07, 6.45) is 1.92. The van der Waals surface area contributed by atoms with E-state index in [0.717, 1.165) is 30.9 Å². The van der Waals surface area contributed by atoms with E-state index in [2.05, 4.69) is 46.6 Å². The van der Waals surface area contributed by atoms with E-state index in [1.165, 1.54) is 12.0 Å². The number of hydrogen-bond donors (Lipinski definition) is 1. The van der Waals surface area contributed by atoms with Gasteiger partial charge in [0.2, 0.25) is 0 Å². The van der Waals surface area contributed by atoms with Gasteiger partial charge in [0.1, 0.15) is 5.60 Å². The Morgan fingerprint density at radius 1 is 1.08 bits per heavy atom. The molecule has 3 rings (SSSR count). The standard InChI is InChI=1S/C22H28N2O2/c1-22(2,3)26-21(25)23-19-13-7-8-14-20(19)24-15-9-12-18(16-24)17-10-5-4-6-11-17/h4-8,10-11,13-14,18H,9,12,15-16H2,1-3H3,(H,23,25). The molecule has 1 aliphatic rings. The maximum Gasteiger partial charge on any atom is 0.412 e. The van der Waals surface area contributed by atoms with E-state index in [0.29, 0.717) is 5.92 Å². The molecule has 26 heavy (non-hydrogen) atoms. The number of benzene rings is 2. The molecule has 2 aromatic carbocycles. The molecule has 4 nitrogen and oxygen atoms in total. The van der Waals surface area contributed by atoms with E-state index in [9.17, 15) is 4.79 Å². The number of nitrogens with one attached hydrogen (secondary N) is 1. The van der Waals surface area contributed by atoms with Crippen LogP contribution in [0, 0.1) is 0 Å². The molecule has 1 saturated heterocycles. The van der Waals surface area contributed by atoms with Gasteiger partial charge in [0.15, 0.2) is 0 Å². The van der Waals surface area contributed by atoms with Gasteiger partial charge in [-0.2, -0.15) is 0 Å². The van der Waals surface area contributed by atoms with Crippen molar-refractivity contribution in [1.29, 1.82) is 0 Å². The predicted octanol–water partition coefficient (Wildman–Crippen LogP) is 5.42. The molecule has 1 fully saturated rings. The summed E-state index contributed by atoms with van der Waals surface area (Å²) in [6, 6.07) is 18.6. The van der Waals surface area contributed by atoms with Crippen molar-refractivity contribution in [1.82, 2.24) is 0 Å². The van der Waals surface area contributed by atoms with Crippen molar-refractivity contribution in [2.75, 3.05) is 23.3 Å². The molecule has 4 heteroatoms. The highest BCUT2D eigenvalue weighted by molar-refractivity contribution is 5.90. The first kappa shape index (κ1) is 18.3. The SMILES string of the molecule is CC(C)(C)OC(=O)Nc1ccccc1N1CCCC(c2ccccc2)C1. The molecule has 1 amide bonds. The van der Waals surface area contributed by atoms with Crippen molar-refractivity contribution in [3.8, 4) is 0 Å². The van der Waals surface area contributed by atoms with Gasteiger partial charge in [-0.1, -0.05) is 42.5 Å². The van der Waals surface area contributed by atoms with Gasteiger partial charge in [-0.25, -0.2) is 4.79 Å². The second kappa shape index (κ2) is 7.81. The lowest BCUT2D eigenvalue weighted by atomic mass is 9.90. The summed E-state index contributed by atoms with van der Waals surface area (Å²) in [4.78, 5) is 14.6. The van der Waals surface area contributed by atoms with E-state index in [-0.39, 0.29) is 0 Å². The maximum absolute atomic E-state index is 12.2. The average molecular weight is 352 g/mol. The fourth-order valence-corrected chi connectivity index (χ4v) is 3.46. The Morgan fingerprint density at radius 3 is 2.50 bits per heavy atom. The summed E-state index contributed by atoms with van der Waals surface area (Å²) in [5.41, 5.74) is 2.73. The van der Waals surface area contributed by atoms with Gasteiger partial charge < -0.3 is 9.64 Å². The van der Waals surface area contributed by atoms with Crippen LogP contribution >= 0.6 is 0 Å². The summed E-state index contributed by atoms with van der Waals surface area (Å²) in [5, 5.41) is 2.92. The zero-order valence-corrected chi connectivity index (χ0v) is 15.9. The maximum atomic E-state index is 12.2. The predicted molar refractivity (Wildman–Crippen MR) is 107 cm³/mol. The number of rotatable bonds is 3. The summed E-state index contributed by atoms with van der Waals surface area (Å²) in [5.74, 6) is 0.513. The van der Waals surface area contributed by atoms with Crippen molar-refractivity contribution in [2.24, 2.45) is 0 Å². The molecule has 0 radical (unpaired) electrons. The summed E-state index contributed by atoms with van der Waals surface area (Å²) in [6.45, 7) is 7.56. The van der Waals surface area contributed by atoms with E-state index in [1.54, 1.807) is 0 Å². The van der Waals surface area contributed by atoms with Crippen LogP contribution in [0.1, 0.15) is 45.1 Å². The van der Waals surface area contributed by atoms with Crippen molar-refractivity contribution in [3.05, 3.63) is 60.2 Å². The van der Waals surface area contributed by atoms with Gasteiger partial charge in [0, 0.05) is 19.0 Å². The topological polar surface area (TPSA) is 41.6 Å². The summed E-state index contributed by atoms with van der Waals surface area (Å²) < 4.78 is 5.41. The van der Waals surface area contributed by atoms with Crippen LogP contribution in [0.2, 0.25) is 0 Å². The second-order valence-corrected chi connectivity index (χ2v) is 7.84. The van der Waals surface area contributed by atoms with Crippen LogP contribution in [0.15, 0.2) is 54.6 Å². The van der Waals surface area contributed by atoms with Crippen LogP contribution in [-0.2, 0) is 4.74 Å². The number of carbonyl (C=O) groups is 1. The molecule has 0 saturated carbocycles. The Morgan fingerprint density at radius 2 is 1.77 bits per heavy atom. The minimum atomic E-state index is -0.511. The molecule has 0 aromatic heterocycles. The number of piperidine rings is 1. The van der Waals surface area contributed by atoms with Crippen LogP contribution in [0.4, 0.5) is 16.2 Å². The van der Waals surface area contributed by atoms with Gasteiger partial charge in [-0.15, -0.1) is 0 Å². The monoisotopic (exact) mass is 352 g/mol. The molecular formula is C22H28N2O2. The van der Waals surface area contributed by atoms with Gasteiger partial charge in [0.25, 0.3) is 0 Å². The smallest absolute Gasteiger partial charge is 0.412 e. The van der Waals surface area contributed by atoms with Crippen molar-refractivity contribution >= 4 is 17.5 Å². The zero-order valence-electron chi connectivity index (χ0n) is 15.9. The average Bonchev–Trinajstić information content (AvgIpc) is 2.61. The highest BCUT2D eigenvalue weighted by Crippen LogP contribution is 2.33. The largest absolute Gasteiger partial charge is 0.444 e. The molecule has 138 valence electrons. The van der Waals surface area contributed by atoms with Crippen LogP contribution in [0.3, 0.4) is 0 Å². The van der Waals surface area contributed by atoms with Gasteiger partial charge in [-0.3, -0.25) is 5.32 Å². The number of amides is 1. The highest BCUT2D eigenvalue weighted by Gasteiger charge is 2.24. The first-order valence-electron chi connectivity index (χ1n) is 9.31. The molecule has 0 bridgehead atoms. The van der Waals surface area contributed by atoms with E-state index >= 15 is 0 Å². The van der Waals surface area contributed by atoms with Crippen LogP contribution < -0.4 is 10.2 Å². The molecule has 1 N–H and O–H groups in total. The fraction of sp³-hybridized carbons (Fsp3) is 0.409. The van der Waals surface area contributed by atoms with Crippen LogP contribution in [0.5, 0.6) is 0 Å². The quantitative estimate of drug-likeness (QED) is 0.802. The normalized spacial score (nSPS) is 17.7. The van der Waals surface area contributed by atoms with Gasteiger partial charge in [-0.05, 0) is 51.3 Å². The number of ether oxygens (including phenoxy) is 1. The van der Waals surface area contributed by atoms with Crippen LogP contribution in [-0.4, -0.2) is 24.8 Å². The first-order chi connectivity index (χ1) is 12.4. The van der Waals surface area contributed by atoms with Crippen LogP contribution in [0.25, 0.3) is 0 Å². The highest BCUT2D eigenvalue weighted by atomic mass is 16.6. The third-order valence-corrected chi connectivity index (χ3v) is 4.57. The Balaban J connectivity index is 1.75. The zero-order chi connectivity index (χ0) is 18.6. The van der Waals surface area contributed by atoms with Crippen molar-refractivity contribution < 1.29 is 9.53 Å². The molecule has 1 unspecified atom stereocenters. The Labute approximate surface area is 156 Å². The fourth-order valence-electron chi connectivity index (χ4n) is 3.46. The molecule has 1 heterocycles. The van der Waals surface area contributed by atoms with Gasteiger partial charge in [0.05, 0.1) is 11.4 Å². The number of nitrogens with zero attached hydrogens (tertiary/aromatic N) is 1. The molecular weight excluding hydrogens is 324 g/mol. The summed E-state index contributed by atoms with van der Waals surface area (Å²) in [7, 11) is 0. The number of carbonyl (C=O) groups excluding carboxylic acids is 1. The van der Waals surface area contributed by atoms with Gasteiger partial charge >= 0.3 is 6.09 Å². The lowest BCUT2D eigenvalue weighted by Crippen LogP contribution is -2.35. The Hall–Kier alpha value is -2.49. The molecule has 1 aliphatic heterocycles. The van der Waals surface area contributed by atoms with E-state index in [4.69, 9.17) is 4.74 Å². The minimum Gasteiger partial charge on any atom is -0.444 e. The number of anilines is 2. The summed E-state index contributed by atoms with van der Waals surface area (Å²) >= 11 is 0. The number of para-hydroxylation sites is 2. The molecule has 1 atom stereocenters. The Kier molecular flexibility index (Phi) is 5.50. The second-order valence-electron chi connectivity index (χ2n) is 7.84. The Bertz CT molecular complexity index is 737. The molecule has 0 aliphatic carbocycles. The molecule has 2 aromatic rings. The van der Waals surface area contributed by atoms with E-state index < -0.39 is 11.7 Å². The number of hydrogen-bond acceptors (Lipinski definition) is 3. The van der Waals surface area contributed by atoms with Crippen molar-refractivity contribution in [2.45, 2.75) is 45.1 Å². The lowest BCUT2D eigenvalue weighted by molar-refractivity contribution is 0.0636. The van der Waals surface area contributed by atoms with E-state index in [1.807, 2.05) is 39.0 Å². The third-order valence-electron chi connectivity index (χ3n) is 4.57. The molecule has 0 spiro atoms. The first-order valence-corrected chi connectivity index (χ1v) is 9.31. The van der Waals surface area contributed by atoms with Crippen molar-refractivity contribution in [3.63, 3.8) is 0 Å². The lowest BCUT2D eigenvalue weighted by Gasteiger charge is -2.35.